The third kappa shape index (κ3) is 2.47. The molecule has 1 unspecified atom stereocenters. The summed E-state index contributed by atoms with van der Waals surface area (Å²) < 4.78 is 10.3. The van der Waals surface area contributed by atoms with Crippen LogP contribution in [0, 0.1) is 0 Å². The molecular formula is C13H16O4. The lowest BCUT2D eigenvalue weighted by Crippen LogP contribution is -2.19. The number of methoxy groups -OCH3 is 1. The molecule has 0 fully saturated rings. The Bertz CT molecular complexity index is 382. The van der Waals surface area contributed by atoms with Crippen molar-refractivity contribution >= 4 is 11.8 Å². The Labute approximate surface area is 100 Å². The van der Waals surface area contributed by atoms with Gasteiger partial charge < -0.3 is 9.47 Å². The second kappa shape index (κ2) is 5.27. The van der Waals surface area contributed by atoms with Gasteiger partial charge in [0.2, 0.25) is 0 Å². The largest absolute Gasteiger partial charge is 0.465 e. The Hall–Kier alpha value is -1.42. The van der Waals surface area contributed by atoms with E-state index in [1.54, 1.807) is 0 Å². The Kier molecular flexibility index (Phi) is 3.74. The predicted molar refractivity (Wildman–Crippen MR) is 61.4 cm³/mol. The van der Waals surface area contributed by atoms with Gasteiger partial charge in [0.05, 0.1) is 19.8 Å². The van der Waals surface area contributed by atoms with E-state index >= 15 is 0 Å². The monoisotopic (exact) mass is 236 g/mol. The highest BCUT2D eigenvalue weighted by Crippen LogP contribution is 2.30. The molecule has 0 amide bonds. The minimum absolute atomic E-state index is 0.118. The molecule has 1 heterocycles. The van der Waals surface area contributed by atoms with Gasteiger partial charge in [-0.2, -0.15) is 0 Å². The van der Waals surface area contributed by atoms with Crippen molar-refractivity contribution in [1.29, 1.82) is 0 Å². The number of ether oxygens (including phenoxy) is 2. The van der Waals surface area contributed by atoms with Gasteiger partial charge in [-0.15, -0.1) is 0 Å². The number of ketones is 1. The molecule has 0 spiro atoms. The zero-order valence-electron chi connectivity index (χ0n) is 9.90. The van der Waals surface area contributed by atoms with Crippen molar-refractivity contribution in [2.24, 2.45) is 0 Å². The van der Waals surface area contributed by atoms with Crippen LogP contribution in [0.4, 0.5) is 0 Å². The van der Waals surface area contributed by atoms with Crippen molar-refractivity contribution in [3.8, 4) is 0 Å². The van der Waals surface area contributed by atoms with Gasteiger partial charge in [-0.3, -0.25) is 4.79 Å². The van der Waals surface area contributed by atoms with Crippen LogP contribution in [-0.2, 0) is 19.1 Å². The Morgan fingerprint density at radius 1 is 1.41 bits per heavy atom. The Morgan fingerprint density at radius 2 is 2.24 bits per heavy atom. The second-order valence-corrected chi connectivity index (χ2v) is 4.19. The lowest BCUT2D eigenvalue weighted by Gasteiger charge is -2.17. The van der Waals surface area contributed by atoms with E-state index in [1.165, 1.54) is 7.11 Å². The minimum Gasteiger partial charge on any atom is -0.465 e. The van der Waals surface area contributed by atoms with E-state index in [9.17, 15) is 9.59 Å². The molecule has 0 saturated heterocycles. The minimum atomic E-state index is -0.525. The second-order valence-electron chi connectivity index (χ2n) is 4.19. The van der Waals surface area contributed by atoms with E-state index < -0.39 is 5.97 Å². The molecule has 1 aliphatic carbocycles. The first-order valence-electron chi connectivity index (χ1n) is 5.85. The zero-order valence-corrected chi connectivity index (χ0v) is 9.90. The Morgan fingerprint density at radius 3 is 3.00 bits per heavy atom. The van der Waals surface area contributed by atoms with Crippen LogP contribution >= 0.6 is 0 Å². The number of hydrogen-bond acceptors (Lipinski definition) is 4. The first-order chi connectivity index (χ1) is 8.24. The third-order valence-corrected chi connectivity index (χ3v) is 3.16. The number of carbonyl (C=O) groups excluding carboxylic acids is 2. The van der Waals surface area contributed by atoms with Crippen molar-refractivity contribution in [3.05, 3.63) is 23.3 Å². The maximum atomic E-state index is 11.7. The summed E-state index contributed by atoms with van der Waals surface area (Å²) in [4.78, 5) is 23.3. The SMILES string of the molecule is COC(=O)C1=C(C2CCC=CCO2)CCC1=O. The van der Waals surface area contributed by atoms with Gasteiger partial charge >= 0.3 is 5.97 Å². The van der Waals surface area contributed by atoms with Crippen LogP contribution in [0.15, 0.2) is 23.3 Å². The molecule has 17 heavy (non-hydrogen) atoms. The van der Waals surface area contributed by atoms with E-state index in [0.717, 1.165) is 18.4 Å². The first-order valence-corrected chi connectivity index (χ1v) is 5.85. The van der Waals surface area contributed by atoms with Gasteiger partial charge in [0.25, 0.3) is 0 Å². The zero-order chi connectivity index (χ0) is 12.3. The van der Waals surface area contributed by atoms with E-state index in [1.807, 2.05) is 6.08 Å². The van der Waals surface area contributed by atoms with Crippen LogP contribution < -0.4 is 0 Å². The van der Waals surface area contributed by atoms with Gasteiger partial charge in [0.1, 0.15) is 5.57 Å². The molecule has 1 atom stereocenters. The van der Waals surface area contributed by atoms with Crippen molar-refractivity contribution in [3.63, 3.8) is 0 Å². The fraction of sp³-hybridized carbons (Fsp3) is 0.538. The number of hydrogen-bond donors (Lipinski definition) is 0. The van der Waals surface area contributed by atoms with E-state index in [4.69, 9.17) is 4.74 Å². The molecule has 0 bridgehead atoms. The molecule has 92 valence electrons. The summed E-state index contributed by atoms with van der Waals surface area (Å²) in [6, 6.07) is 0. The normalized spacial score (nSPS) is 25.0. The summed E-state index contributed by atoms with van der Waals surface area (Å²) in [5.41, 5.74) is 1.05. The van der Waals surface area contributed by atoms with Gasteiger partial charge in [-0.05, 0) is 24.8 Å². The van der Waals surface area contributed by atoms with Crippen LogP contribution in [-0.4, -0.2) is 31.6 Å². The molecule has 0 N–H and O–H groups in total. The molecule has 0 aromatic rings. The molecular weight excluding hydrogens is 220 g/mol. The summed E-state index contributed by atoms with van der Waals surface area (Å²) in [7, 11) is 1.30. The lowest BCUT2D eigenvalue weighted by molar-refractivity contribution is -0.137. The van der Waals surface area contributed by atoms with Gasteiger partial charge in [-0.1, -0.05) is 12.2 Å². The maximum Gasteiger partial charge on any atom is 0.341 e. The summed E-state index contributed by atoms with van der Waals surface area (Å²) in [6.45, 7) is 0.539. The molecule has 1 aliphatic heterocycles. The summed E-state index contributed by atoms with van der Waals surface area (Å²) >= 11 is 0. The van der Waals surface area contributed by atoms with E-state index in [2.05, 4.69) is 10.8 Å². The van der Waals surface area contributed by atoms with Crippen molar-refractivity contribution in [2.45, 2.75) is 31.8 Å². The lowest BCUT2D eigenvalue weighted by atomic mass is 10.0. The van der Waals surface area contributed by atoms with Crippen LogP contribution in [0.5, 0.6) is 0 Å². The summed E-state index contributed by atoms with van der Waals surface area (Å²) in [6.07, 6.45) is 6.66. The van der Waals surface area contributed by atoms with E-state index in [0.29, 0.717) is 19.4 Å². The standard InChI is InChI=1S/C13H16O4/c1-16-13(15)12-9(6-7-10(12)14)11-5-3-2-4-8-17-11/h2,4,11H,3,5-8H2,1H3. The van der Waals surface area contributed by atoms with Crippen LogP contribution in [0.25, 0.3) is 0 Å². The van der Waals surface area contributed by atoms with Crippen LogP contribution in [0.3, 0.4) is 0 Å². The smallest absolute Gasteiger partial charge is 0.341 e. The van der Waals surface area contributed by atoms with Gasteiger partial charge in [0, 0.05) is 6.42 Å². The fourth-order valence-electron chi connectivity index (χ4n) is 2.31. The Balaban J connectivity index is 2.24. The average molecular weight is 236 g/mol. The third-order valence-electron chi connectivity index (χ3n) is 3.16. The van der Waals surface area contributed by atoms with Crippen LogP contribution in [0.2, 0.25) is 0 Å². The molecule has 0 aromatic heterocycles. The number of rotatable bonds is 2. The maximum absolute atomic E-state index is 11.7. The number of allylic oxidation sites excluding steroid dienone is 1. The average Bonchev–Trinajstić information content (AvgIpc) is 2.57. The predicted octanol–water partition coefficient (Wildman–Crippen LogP) is 1.55. The molecule has 4 heteroatoms. The number of Topliss-reactive ketones (excluding diaryl/α,β-unsaturated/α-hetero) is 1. The molecule has 0 aromatic carbocycles. The van der Waals surface area contributed by atoms with Crippen LogP contribution in [0.1, 0.15) is 25.7 Å². The number of esters is 1. The highest BCUT2D eigenvalue weighted by atomic mass is 16.5. The van der Waals surface area contributed by atoms with Crippen molar-refractivity contribution in [2.75, 3.05) is 13.7 Å². The summed E-state index contributed by atoms with van der Waals surface area (Å²) in [5.74, 6) is -0.643. The molecule has 0 saturated carbocycles. The first kappa shape index (κ1) is 12.0. The van der Waals surface area contributed by atoms with Crippen molar-refractivity contribution < 1.29 is 19.1 Å². The van der Waals surface area contributed by atoms with Gasteiger partial charge in [0.15, 0.2) is 5.78 Å². The van der Waals surface area contributed by atoms with E-state index in [-0.39, 0.29) is 17.5 Å². The highest BCUT2D eigenvalue weighted by Gasteiger charge is 2.33. The van der Waals surface area contributed by atoms with Gasteiger partial charge in [-0.25, -0.2) is 4.79 Å². The number of carbonyl (C=O) groups is 2. The topological polar surface area (TPSA) is 52.6 Å². The molecule has 2 rings (SSSR count). The van der Waals surface area contributed by atoms with Crippen molar-refractivity contribution in [1.82, 2.24) is 0 Å². The molecule has 2 aliphatic rings. The highest BCUT2D eigenvalue weighted by molar-refractivity contribution is 6.19. The molecule has 0 radical (unpaired) electrons. The fourth-order valence-corrected chi connectivity index (χ4v) is 2.31. The summed E-state index contributed by atoms with van der Waals surface area (Å²) in [5, 5.41) is 0. The molecule has 4 nitrogen and oxygen atoms in total. The quantitative estimate of drug-likeness (QED) is 0.415.